The van der Waals surface area contributed by atoms with Crippen molar-refractivity contribution < 1.29 is 74.1 Å². The van der Waals surface area contributed by atoms with E-state index in [1.807, 2.05) is 212 Å². The molecule has 17 heteroatoms. The van der Waals surface area contributed by atoms with E-state index in [-0.39, 0.29) is 46.2 Å². The zero-order chi connectivity index (χ0) is 58.0. The van der Waals surface area contributed by atoms with Gasteiger partial charge in [-0.2, -0.15) is 0 Å². The second kappa shape index (κ2) is 30.1. The monoisotopic (exact) mass is 1170 g/mol. The van der Waals surface area contributed by atoms with E-state index in [0.29, 0.717) is 0 Å². The van der Waals surface area contributed by atoms with Crippen molar-refractivity contribution in [1.82, 2.24) is 0 Å². The van der Waals surface area contributed by atoms with Crippen molar-refractivity contribution in [2.45, 2.75) is 105 Å². The molecule has 2 fully saturated rings. The molecule has 0 N–H and O–H groups in total. The number of carbonyl (C=O) groups is 1. The molecule has 436 valence electrons. The summed E-state index contributed by atoms with van der Waals surface area (Å²) in [6, 6.07) is 66.2. The van der Waals surface area contributed by atoms with Crippen LogP contribution in [0.3, 0.4) is 0 Å². The maximum absolute atomic E-state index is 15.4. The molecule has 0 amide bonds. The quantitative estimate of drug-likeness (QED) is 0.0223. The summed E-state index contributed by atoms with van der Waals surface area (Å²) in [5, 5.41) is 0. The third kappa shape index (κ3) is 15.8. The van der Waals surface area contributed by atoms with Crippen molar-refractivity contribution in [3.63, 3.8) is 0 Å². The third-order valence-corrected chi connectivity index (χ3v) is 15.2. The first kappa shape index (κ1) is 60.0. The molecule has 11 nitrogen and oxygen atoms in total. The van der Waals surface area contributed by atoms with Gasteiger partial charge in [0.25, 0.3) is 0 Å². The Morgan fingerprint density at radius 2 is 0.714 bits per heavy atom. The van der Waals surface area contributed by atoms with Gasteiger partial charge in [-0.25, -0.2) is 26.7 Å². The molecule has 2 heterocycles. The van der Waals surface area contributed by atoms with Crippen LogP contribution in [-0.4, -0.2) is 79.7 Å². The van der Waals surface area contributed by atoms with Crippen molar-refractivity contribution in [2.24, 2.45) is 0 Å². The third-order valence-electron chi connectivity index (χ3n) is 14.1. The summed E-state index contributed by atoms with van der Waals surface area (Å²) < 4.78 is 143. The highest BCUT2D eigenvalue weighted by molar-refractivity contribution is 7.99. The van der Waals surface area contributed by atoms with Crippen molar-refractivity contribution >= 4 is 17.7 Å². The normalized spacial score (nSPS) is 22.3. The van der Waals surface area contributed by atoms with Gasteiger partial charge < -0.3 is 47.4 Å². The zero-order valence-electron chi connectivity index (χ0n) is 45.4. The van der Waals surface area contributed by atoms with Crippen LogP contribution < -0.4 is 0 Å². The Balaban J connectivity index is 1.09. The minimum absolute atomic E-state index is 0.0238. The predicted octanol–water partition coefficient (Wildman–Crippen LogP) is 13.3. The Labute approximate surface area is 488 Å². The number of carbonyl (C=O) groups excluding carboxylic acids is 1. The smallest absolute Gasteiger partial charge is 0.344 e. The topological polar surface area (TPSA) is 109 Å². The van der Waals surface area contributed by atoms with Crippen molar-refractivity contribution in [3.8, 4) is 0 Å². The second-order valence-corrected chi connectivity index (χ2v) is 21.1. The first-order valence-corrected chi connectivity index (χ1v) is 28.3. The molecule has 2 aliphatic heterocycles. The number of esters is 1. The lowest BCUT2D eigenvalue weighted by molar-refractivity contribution is -0.359. The summed E-state index contributed by atoms with van der Waals surface area (Å²) in [5.74, 6) is -13.7. The summed E-state index contributed by atoms with van der Waals surface area (Å²) >= 11 is 1.26. The van der Waals surface area contributed by atoms with Gasteiger partial charge in [0.2, 0.25) is 5.82 Å². The maximum atomic E-state index is 15.4. The lowest BCUT2D eigenvalue weighted by atomic mass is 9.96. The van der Waals surface area contributed by atoms with E-state index in [0.717, 1.165) is 38.3 Å². The average molecular weight is 1170 g/mol. The van der Waals surface area contributed by atoms with Crippen molar-refractivity contribution in [1.29, 1.82) is 0 Å². The van der Waals surface area contributed by atoms with E-state index in [2.05, 4.69) is 0 Å². The minimum Gasteiger partial charge on any atom is -0.459 e. The molecule has 8 aromatic carbocycles. The van der Waals surface area contributed by atoms with Crippen LogP contribution in [0.25, 0.3) is 0 Å². The van der Waals surface area contributed by atoms with Gasteiger partial charge in [0.05, 0.1) is 46.2 Å². The van der Waals surface area contributed by atoms with Crippen LogP contribution in [0.5, 0.6) is 0 Å². The van der Waals surface area contributed by atoms with Gasteiger partial charge >= 0.3 is 5.97 Å². The fourth-order valence-corrected chi connectivity index (χ4v) is 11.0. The highest BCUT2D eigenvalue weighted by Gasteiger charge is 2.55. The molecule has 84 heavy (non-hydrogen) atoms. The number of hydrogen-bond acceptors (Lipinski definition) is 12. The molecule has 2 aliphatic rings. The van der Waals surface area contributed by atoms with E-state index < -0.39 is 108 Å². The van der Waals surface area contributed by atoms with Crippen LogP contribution in [0.15, 0.2) is 217 Å². The van der Waals surface area contributed by atoms with E-state index in [4.69, 9.17) is 47.4 Å². The molecule has 8 aromatic rings. The lowest BCUT2D eigenvalue weighted by Crippen LogP contribution is -2.66. The molecule has 2 saturated heterocycles. The molecule has 0 radical (unpaired) electrons. The van der Waals surface area contributed by atoms with Gasteiger partial charge in [-0.15, -0.1) is 0 Å². The minimum atomic E-state index is -2.44. The lowest BCUT2D eigenvalue weighted by Gasteiger charge is -2.50. The summed E-state index contributed by atoms with van der Waals surface area (Å²) in [4.78, 5) is 14.6. The van der Waals surface area contributed by atoms with E-state index in [1.54, 1.807) is 0 Å². The molecule has 0 spiro atoms. The zero-order valence-corrected chi connectivity index (χ0v) is 46.2. The number of benzene rings is 8. The Morgan fingerprint density at radius 1 is 0.369 bits per heavy atom. The molecule has 0 unspecified atom stereocenters. The fraction of sp³-hybridized carbons (Fsp3) is 0.269. The number of halogens is 5. The van der Waals surface area contributed by atoms with Crippen LogP contribution in [0, 0.1) is 29.1 Å². The largest absolute Gasteiger partial charge is 0.459 e. The van der Waals surface area contributed by atoms with Gasteiger partial charge in [0.15, 0.2) is 29.6 Å². The summed E-state index contributed by atoms with van der Waals surface area (Å²) in [6.45, 7) is -0.458. The van der Waals surface area contributed by atoms with Gasteiger partial charge in [-0.3, -0.25) is 0 Å². The van der Waals surface area contributed by atoms with Crippen LogP contribution in [-0.2, 0) is 87.0 Å². The molecule has 0 aliphatic carbocycles. The second-order valence-electron chi connectivity index (χ2n) is 20.0. The molecule has 0 saturated carbocycles. The Hall–Kier alpha value is -7.13. The maximum Gasteiger partial charge on any atom is 0.344 e. The van der Waals surface area contributed by atoms with Gasteiger partial charge in [0.1, 0.15) is 66.4 Å². The molecule has 10 rings (SSSR count). The fourth-order valence-electron chi connectivity index (χ4n) is 9.83. The number of ether oxygens (including phenoxy) is 10. The average Bonchev–Trinajstić information content (AvgIpc) is 3.53. The first-order chi connectivity index (χ1) is 41.2. The van der Waals surface area contributed by atoms with Crippen LogP contribution >= 0.6 is 11.8 Å². The molecule has 0 aromatic heterocycles. The predicted molar refractivity (Wildman–Crippen MR) is 302 cm³/mol. The molecular formula is C67H61F5O11S. The SMILES string of the molecule is O=C(OC[C@H]1O[C@H](Sc2ccccc2)[C@@H](OCc2ccccc2)[C@@H](OCc2ccccc2)[C@@H]1O[C@H]1O[C@H](COCc2ccccc2)[C@@H](OCc2ccccc2)[C@H](OCc2ccccc2)[C@@H]1OCc1ccccc1)c1c(F)c(F)c(F)c(F)c1F. The van der Waals surface area contributed by atoms with Gasteiger partial charge in [0, 0.05) is 4.90 Å². The van der Waals surface area contributed by atoms with E-state index >= 15 is 8.78 Å². The van der Waals surface area contributed by atoms with Crippen LogP contribution in [0.4, 0.5) is 22.0 Å². The standard InChI is InChI=1S/C67H61F5O11S/c68-54-53(55(69)57(71)58(72)56(54)70)65(73)80-43-52-60(62(77-39-47-28-14-4-15-29-47)64(79-41-49-32-18-6-19-33-49)67(82-52)84-50-34-20-7-21-35-50)83-66-63(78-40-48-30-16-5-17-31-48)61(76-38-46-26-12-3-13-27-46)59(75-37-45-24-10-2-11-25-45)51(81-66)42-74-36-44-22-8-1-9-23-44/h1-35,51-52,59-64,66-67H,36-43H2/t51-,52-,59-,60-,61+,62+,63+,64+,66-,67-/m1/s1. The number of thioether (sulfide) groups is 1. The van der Waals surface area contributed by atoms with Crippen LogP contribution in [0.1, 0.15) is 43.7 Å². The summed E-state index contributed by atoms with van der Waals surface area (Å²) in [6.07, 6.45) is -10.6. The molecule has 0 bridgehead atoms. The summed E-state index contributed by atoms with van der Waals surface area (Å²) in [7, 11) is 0. The first-order valence-electron chi connectivity index (χ1n) is 27.4. The molecule has 10 atom stereocenters. The van der Waals surface area contributed by atoms with Gasteiger partial charge in [-0.05, 0) is 45.5 Å². The molecular weight excluding hydrogens is 1110 g/mol. The highest BCUT2D eigenvalue weighted by Crippen LogP contribution is 2.41. The van der Waals surface area contributed by atoms with E-state index in [1.165, 1.54) is 11.8 Å². The van der Waals surface area contributed by atoms with Gasteiger partial charge in [-0.1, -0.05) is 212 Å². The van der Waals surface area contributed by atoms with E-state index in [9.17, 15) is 18.0 Å². The number of rotatable bonds is 26. The Morgan fingerprint density at radius 3 is 1.15 bits per heavy atom. The Kier molecular flexibility index (Phi) is 21.5. The Bertz CT molecular complexity index is 3250. The summed E-state index contributed by atoms with van der Waals surface area (Å²) in [5.41, 5.74) is 2.17. The van der Waals surface area contributed by atoms with Crippen LogP contribution in [0.2, 0.25) is 0 Å². The van der Waals surface area contributed by atoms with Crippen molar-refractivity contribution in [3.05, 3.63) is 280 Å². The highest BCUT2D eigenvalue weighted by atomic mass is 32.2. The number of hydrogen-bond donors (Lipinski definition) is 0. The van der Waals surface area contributed by atoms with Crippen molar-refractivity contribution in [2.75, 3.05) is 13.2 Å².